The average Bonchev–Trinajstić information content (AvgIpc) is 3.52. The molecule has 3 aromatic rings. The number of β-amino-alcohol motifs (C(OH)–C–C–N with tert-alkyl or cyclic N) is 1. The maximum Gasteiger partial charge on any atom is 0.243 e. The maximum atomic E-state index is 15.1. The Kier molecular flexibility index (Phi) is 16.8. The van der Waals surface area contributed by atoms with Crippen LogP contribution >= 0.6 is 0 Å². The molecule has 2 aliphatic heterocycles. The van der Waals surface area contributed by atoms with Crippen LogP contribution in [0.1, 0.15) is 137 Å². The molecule has 1 amide bonds. The van der Waals surface area contributed by atoms with Gasteiger partial charge in [-0.05, 0) is 179 Å². The lowest BCUT2D eigenvalue weighted by molar-refractivity contribution is -0.169. The number of aliphatic hydroxyl groups excluding tert-OH is 4. The lowest BCUT2D eigenvalue weighted by atomic mass is 9.52. The van der Waals surface area contributed by atoms with Gasteiger partial charge in [0, 0.05) is 24.3 Å². The number of rotatable bonds is 7. The van der Waals surface area contributed by atoms with E-state index in [1.54, 1.807) is 12.1 Å². The molecular weight excluding hydrogens is 903 g/mol. The largest absolute Gasteiger partial charge is 0.508 e. The second-order valence-corrected chi connectivity index (χ2v) is 22.4. The van der Waals surface area contributed by atoms with Gasteiger partial charge in [0.15, 0.2) is 5.78 Å². The SMILES string of the molecule is C=C(/C=C/C=C1\[C@H]2[C@@H](CCC[C@@H]1O)C[C@@]1([C@@H]3CC[C@H](O)Cc4cccc(c4)C[C@@H](Cc4ccc(O)cc4)[C@@H](O)CN[C@@H]4C(=O)N[C@H](N)c5cccc(c54)CC(=O)/C(C)=C/3CC[C@@]1(C)O)[C@@H]2O)CCC=C(C)C. The van der Waals surface area contributed by atoms with E-state index in [2.05, 4.69) is 43.2 Å². The predicted molar refractivity (Wildman–Crippen MR) is 282 cm³/mol. The number of fused-ring (bicyclic) bond motifs is 5. The van der Waals surface area contributed by atoms with Crippen molar-refractivity contribution >= 4 is 11.7 Å². The molecule has 2 bridgehead atoms. The van der Waals surface area contributed by atoms with Crippen LogP contribution in [0, 0.1) is 29.1 Å². The van der Waals surface area contributed by atoms with E-state index in [1.807, 2.05) is 80.6 Å². The zero-order valence-electron chi connectivity index (χ0n) is 42.8. The molecule has 0 radical (unpaired) electrons. The monoisotopic (exact) mass is 982 g/mol. The Bertz CT molecular complexity index is 2590. The van der Waals surface area contributed by atoms with Gasteiger partial charge in [0.05, 0.1) is 30.0 Å². The minimum Gasteiger partial charge on any atom is -0.508 e. The molecule has 386 valence electrons. The number of benzene rings is 3. The number of aliphatic hydroxyl groups is 5. The van der Waals surface area contributed by atoms with Crippen LogP contribution in [0.4, 0.5) is 0 Å². The summed E-state index contributed by atoms with van der Waals surface area (Å²) in [4.78, 5) is 29.0. The van der Waals surface area contributed by atoms with Crippen molar-refractivity contribution in [2.75, 3.05) is 6.54 Å². The first-order valence-electron chi connectivity index (χ1n) is 26.5. The Hall–Kier alpha value is -4.98. The number of Topliss-reactive ketones (excluding diaryl/α,β-unsaturated/α-hetero) is 1. The van der Waals surface area contributed by atoms with E-state index in [0.717, 1.165) is 59.1 Å². The first-order valence-corrected chi connectivity index (χ1v) is 26.5. The van der Waals surface area contributed by atoms with Crippen molar-refractivity contribution in [1.82, 2.24) is 10.6 Å². The molecule has 10 N–H and O–H groups in total. The van der Waals surface area contributed by atoms with E-state index in [0.29, 0.717) is 80.1 Å². The Morgan fingerprint density at radius 1 is 0.944 bits per heavy atom. The summed E-state index contributed by atoms with van der Waals surface area (Å²) in [5, 5.41) is 78.3. The Balaban J connectivity index is 1.20. The van der Waals surface area contributed by atoms with Crippen LogP contribution < -0.4 is 16.4 Å². The highest BCUT2D eigenvalue weighted by molar-refractivity contribution is 5.98. The van der Waals surface area contributed by atoms with Crippen molar-refractivity contribution in [3.63, 3.8) is 0 Å². The van der Waals surface area contributed by atoms with Crippen molar-refractivity contribution in [3.05, 3.63) is 159 Å². The maximum absolute atomic E-state index is 15.1. The summed E-state index contributed by atoms with van der Waals surface area (Å²) in [6, 6.07) is 19.7. The Labute approximate surface area is 426 Å². The van der Waals surface area contributed by atoms with Crippen LogP contribution in [0.15, 0.2) is 125 Å². The number of carbonyl (C=O) groups excluding carboxylic acids is 2. The van der Waals surface area contributed by atoms with Crippen molar-refractivity contribution in [2.24, 2.45) is 34.8 Å². The Morgan fingerprint density at radius 3 is 2.43 bits per heavy atom. The number of nitrogens with two attached hydrogens (primary N) is 1. The number of nitrogens with one attached hydrogen (secondary N) is 2. The minimum absolute atomic E-state index is 0.0328. The van der Waals surface area contributed by atoms with E-state index < -0.39 is 59.5 Å². The highest BCUT2D eigenvalue weighted by Gasteiger charge is 2.67. The van der Waals surface area contributed by atoms with Crippen molar-refractivity contribution in [3.8, 4) is 5.75 Å². The van der Waals surface area contributed by atoms with Crippen LogP contribution in [0.3, 0.4) is 0 Å². The third-order valence-corrected chi connectivity index (χ3v) is 17.3. The summed E-state index contributed by atoms with van der Waals surface area (Å²) < 4.78 is 0. The fraction of sp³-hybridized carbons (Fsp3) is 0.508. The number of phenols is 1. The van der Waals surface area contributed by atoms with Crippen LogP contribution in [0.25, 0.3) is 0 Å². The van der Waals surface area contributed by atoms with Gasteiger partial charge in [-0.25, -0.2) is 0 Å². The molecule has 3 fully saturated rings. The van der Waals surface area contributed by atoms with Crippen LogP contribution in [-0.4, -0.2) is 78.9 Å². The first-order chi connectivity index (χ1) is 34.4. The van der Waals surface area contributed by atoms with E-state index in [-0.39, 0.29) is 42.2 Å². The summed E-state index contributed by atoms with van der Waals surface area (Å²) >= 11 is 0. The van der Waals surface area contributed by atoms with Gasteiger partial charge in [0.2, 0.25) is 5.91 Å². The molecule has 11 heteroatoms. The lowest BCUT2D eigenvalue weighted by Crippen LogP contribution is -2.59. The molecule has 3 saturated carbocycles. The van der Waals surface area contributed by atoms with Crippen molar-refractivity contribution in [1.29, 1.82) is 0 Å². The van der Waals surface area contributed by atoms with E-state index in [9.17, 15) is 35.4 Å². The van der Waals surface area contributed by atoms with Gasteiger partial charge in [-0.2, -0.15) is 0 Å². The van der Waals surface area contributed by atoms with E-state index in [1.165, 1.54) is 5.57 Å². The van der Waals surface area contributed by atoms with Gasteiger partial charge in [-0.3, -0.25) is 14.9 Å². The molecule has 3 aliphatic carbocycles. The molecule has 1 spiro atoms. The van der Waals surface area contributed by atoms with Gasteiger partial charge < -0.3 is 41.7 Å². The standard InChI is InChI=1S/C61H79N3O8/c1-36(2)11-6-12-37(3)13-7-18-48-51(67)20-10-17-43-34-61(57(70)55(43)48)50-26-25-46(66)32-41-15-8-14-40(29-41)31-44(30-39-21-23-45(65)24-22-39)53(69)35-63-56-54-42(16-9-19-49(54)58(62)64-59(56)71)33-52(68)38(4)47(50)27-28-60(61,5)72/h7-9,11,13-16,18-19,21-24,29,43-44,46,50-51,53,55-58,63,65-67,69-70,72H,3,6,10,12,17,20,25-28,30-35,62H2,1-2,4-5H3,(H,64,71)/b13-7+,47-38+,48-18-/t43-,44+,46-,50+,51-,53-,55+,56-,57+,58-,60+,61+/m0/s1. The van der Waals surface area contributed by atoms with E-state index in [4.69, 9.17) is 5.73 Å². The number of amides is 1. The molecule has 12 atom stereocenters. The molecule has 11 nitrogen and oxygen atoms in total. The molecule has 0 saturated heterocycles. The van der Waals surface area contributed by atoms with Gasteiger partial charge in [0.1, 0.15) is 18.0 Å². The molecule has 8 rings (SSSR count). The smallest absolute Gasteiger partial charge is 0.243 e. The molecule has 0 aromatic heterocycles. The number of aromatic hydroxyl groups is 1. The number of hydrogen-bond acceptors (Lipinski definition) is 10. The normalized spacial score (nSPS) is 34.2. The van der Waals surface area contributed by atoms with Crippen molar-refractivity contribution in [2.45, 2.75) is 160 Å². The van der Waals surface area contributed by atoms with Crippen LogP contribution in [-0.2, 0) is 35.3 Å². The molecular formula is C61H79N3O8. The topological polar surface area (TPSA) is 206 Å². The van der Waals surface area contributed by atoms with Crippen LogP contribution in [0.5, 0.6) is 5.75 Å². The van der Waals surface area contributed by atoms with Gasteiger partial charge >= 0.3 is 0 Å². The van der Waals surface area contributed by atoms with Crippen molar-refractivity contribution < 1.29 is 40.2 Å². The summed E-state index contributed by atoms with van der Waals surface area (Å²) in [5.41, 5.74) is 13.3. The number of hydrogen-bond donors (Lipinski definition) is 9. The number of carbonyl (C=O) groups is 2. The average molecular weight is 982 g/mol. The molecule has 0 unspecified atom stereocenters. The third kappa shape index (κ3) is 11.4. The first kappa shape index (κ1) is 53.3. The highest BCUT2D eigenvalue weighted by Crippen LogP contribution is 2.66. The molecule has 72 heavy (non-hydrogen) atoms. The number of phenolic OH excluding ortho intramolecular Hbond substituents is 1. The fourth-order valence-corrected chi connectivity index (χ4v) is 13.5. The third-order valence-electron chi connectivity index (χ3n) is 17.3. The minimum atomic E-state index is -1.35. The second kappa shape index (κ2) is 22.6. The summed E-state index contributed by atoms with van der Waals surface area (Å²) in [6.45, 7) is 12.2. The van der Waals surface area contributed by atoms with Gasteiger partial charge in [-0.1, -0.05) is 109 Å². The molecule has 5 aliphatic rings. The number of allylic oxidation sites excluding steroid dienone is 8. The predicted octanol–water partition coefficient (Wildman–Crippen LogP) is 8.17. The zero-order chi connectivity index (χ0) is 51.5. The van der Waals surface area contributed by atoms with Crippen LogP contribution in [0.2, 0.25) is 0 Å². The number of ketones is 1. The van der Waals surface area contributed by atoms with Gasteiger partial charge in [0.25, 0.3) is 0 Å². The quantitative estimate of drug-likeness (QED) is 0.0821. The fourth-order valence-electron chi connectivity index (χ4n) is 13.5. The lowest BCUT2D eigenvalue weighted by Gasteiger charge is -2.56. The summed E-state index contributed by atoms with van der Waals surface area (Å²) in [5.74, 6) is -1.63. The zero-order valence-corrected chi connectivity index (χ0v) is 42.8. The molecule has 2 heterocycles. The van der Waals surface area contributed by atoms with Gasteiger partial charge in [-0.15, -0.1) is 0 Å². The molecule has 3 aromatic carbocycles. The summed E-state index contributed by atoms with van der Waals surface area (Å²) in [7, 11) is 0. The second-order valence-electron chi connectivity index (χ2n) is 22.4. The highest BCUT2D eigenvalue weighted by atomic mass is 16.3. The van der Waals surface area contributed by atoms with E-state index >= 15 is 4.79 Å². The Morgan fingerprint density at radius 2 is 1.68 bits per heavy atom. The summed E-state index contributed by atoms with van der Waals surface area (Å²) in [6.07, 6.45) is 10.8.